The second-order valence-electron chi connectivity index (χ2n) is 3.56. The topological polar surface area (TPSA) is 67.4 Å². The van der Waals surface area contributed by atoms with Crippen LogP contribution in [0.3, 0.4) is 0 Å². The minimum atomic E-state index is -0.0435. The van der Waals surface area contributed by atoms with Gasteiger partial charge in [-0.15, -0.1) is 10.2 Å². The highest BCUT2D eigenvalue weighted by Gasteiger charge is 2.14. The number of hydrogen-bond acceptors (Lipinski definition) is 6. The maximum absolute atomic E-state index is 11.6. The van der Waals surface area contributed by atoms with Gasteiger partial charge in [0.25, 0.3) is 0 Å². The van der Waals surface area contributed by atoms with E-state index in [1.807, 2.05) is 6.92 Å². The van der Waals surface area contributed by atoms with Gasteiger partial charge >= 0.3 is 0 Å². The zero-order valence-electron chi connectivity index (χ0n) is 9.10. The Morgan fingerprint density at radius 3 is 2.88 bits per heavy atom. The molecule has 16 heavy (non-hydrogen) atoms. The molecule has 1 aromatic heterocycles. The first-order chi connectivity index (χ1) is 7.74. The number of aryl methyl sites for hydroxylation is 1. The van der Waals surface area contributed by atoms with Crippen molar-refractivity contribution in [2.24, 2.45) is 0 Å². The minimum absolute atomic E-state index is 0.0435. The van der Waals surface area contributed by atoms with E-state index in [4.69, 9.17) is 4.74 Å². The predicted octanol–water partition coefficient (Wildman–Crippen LogP) is 0.117. The van der Waals surface area contributed by atoms with Crippen LogP contribution in [0, 0.1) is 6.92 Å². The standard InChI is InChI=1S/C9H14N4O2S/c1-7-11-12-9(16-7)10-8(14)6-13-2-4-15-5-3-13/h2-6H2,1H3,(H,10,12,14). The van der Waals surface area contributed by atoms with Gasteiger partial charge in [0, 0.05) is 13.1 Å². The second-order valence-corrected chi connectivity index (χ2v) is 4.74. The van der Waals surface area contributed by atoms with Gasteiger partial charge in [0.05, 0.1) is 19.8 Å². The zero-order valence-corrected chi connectivity index (χ0v) is 9.92. The third-order valence-electron chi connectivity index (χ3n) is 2.24. The number of anilines is 1. The van der Waals surface area contributed by atoms with Crippen LogP contribution in [0.2, 0.25) is 0 Å². The molecular formula is C9H14N4O2S. The van der Waals surface area contributed by atoms with Crippen LogP contribution < -0.4 is 5.32 Å². The number of carbonyl (C=O) groups is 1. The van der Waals surface area contributed by atoms with Crippen LogP contribution in [-0.4, -0.2) is 53.9 Å². The smallest absolute Gasteiger partial charge is 0.240 e. The lowest BCUT2D eigenvalue weighted by atomic mass is 10.4. The molecule has 1 fully saturated rings. The summed E-state index contributed by atoms with van der Waals surface area (Å²) in [7, 11) is 0. The quantitative estimate of drug-likeness (QED) is 0.815. The fourth-order valence-corrected chi connectivity index (χ4v) is 2.08. The molecule has 88 valence electrons. The molecule has 2 heterocycles. The van der Waals surface area contributed by atoms with E-state index in [1.54, 1.807) is 0 Å². The number of amides is 1. The Labute approximate surface area is 97.6 Å². The fraction of sp³-hybridized carbons (Fsp3) is 0.667. The number of aromatic nitrogens is 2. The summed E-state index contributed by atoms with van der Waals surface area (Å²) in [6.07, 6.45) is 0. The predicted molar refractivity (Wildman–Crippen MR) is 60.5 cm³/mol. The lowest BCUT2D eigenvalue weighted by molar-refractivity contribution is -0.118. The summed E-state index contributed by atoms with van der Waals surface area (Å²) in [5.41, 5.74) is 0. The molecule has 1 aliphatic heterocycles. The van der Waals surface area contributed by atoms with Gasteiger partial charge in [-0.25, -0.2) is 0 Å². The van der Waals surface area contributed by atoms with E-state index < -0.39 is 0 Å². The van der Waals surface area contributed by atoms with Gasteiger partial charge in [-0.1, -0.05) is 11.3 Å². The SMILES string of the molecule is Cc1nnc(NC(=O)CN2CCOCC2)s1. The second kappa shape index (κ2) is 5.33. The number of hydrogen-bond donors (Lipinski definition) is 1. The molecule has 1 saturated heterocycles. The number of nitrogens with zero attached hydrogens (tertiary/aromatic N) is 3. The van der Waals surface area contributed by atoms with E-state index in [2.05, 4.69) is 20.4 Å². The summed E-state index contributed by atoms with van der Waals surface area (Å²) < 4.78 is 5.21. The highest BCUT2D eigenvalue weighted by atomic mass is 32.1. The van der Waals surface area contributed by atoms with Gasteiger partial charge in [-0.2, -0.15) is 0 Å². The Morgan fingerprint density at radius 1 is 1.50 bits per heavy atom. The van der Waals surface area contributed by atoms with Gasteiger partial charge in [0.2, 0.25) is 11.0 Å². The zero-order chi connectivity index (χ0) is 11.4. The first-order valence-corrected chi connectivity index (χ1v) is 5.96. The fourth-order valence-electron chi connectivity index (χ4n) is 1.47. The summed E-state index contributed by atoms with van der Waals surface area (Å²) in [4.78, 5) is 13.7. The van der Waals surface area contributed by atoms with Crippen molar-refractivity contribution in [1.29, 1.82) is 0 Å². The van der Waals surface area contributed by atoms with Crippen LogP contribution in [0.1, 0.15) is 5.01 Å². The highest BCUT2D eigenvalue weighted by Crippen LogP contribution is 2.13. The Bertz CT molecular complexity index is 362. The van der Waals surface area contributed by atoms with Gasteiger partial charge in [0.15, 0.2) is 0 Å². The van der Waals surface area contributed by atoms with E-state index in [0.717, 1.165) is 18.1 Å². The summed E-state index contributed by atoms with van der Waals surface area (Å²) in [6.45, 7) is 5.26. The van der Waals surface area contributed by atoms with E-state index in [0.29, 0.717) is 24.9 Å². The Kier molecular flexibility index (Phi) is 3.81. The average Bonchev–Trinajstić information content (AvgIpc) is 2.65. The third-order valence-corrected chi connectivity index (χ3v) is 3.00. The normalized spacial score (nSPS) is 17.3. The number of rotatable bonds is 3. The van der Waals surface area contributed by atoms with Crippen LogP contribution in [0.5, 0.6) is 0 Å². The Morgan fingerprint density at radius 2 is 2.25 bits per heavy atom. The van der Waals surface area contributed by atoms with Crippen molar-refractivity contribution >= 4 is 22.4 Å². The van der Waals surface area contributed by atoms with Gasteiger partial charge in [0.1, 0.15) is 5.01 Å². The molecule has 0 radical (unpaired) electrons. The van der Waals surface area contributed by atoms with Crippen molar-refractivity contribution < 1.29 is 9.53 Å². The molecule has 0 spiro atoms. The van der Waals surface area contributed by atoms with E-state index in [1.165, 1.54) is 11.3 Å². The summed E-state index contributed by atoms with van der Waals surface area (Å²) in [6, 6.07) is 0. The van der Waals surface area contributed by atoms with E-state index in [9.17, 15) is 4.79 Å². The molecule has 1 aromatic rings. The summed E-state index contributed by atoms with van der Waals surface area (Å²) in [5.74, 6) is -0.0435. The molecule has 7 heteroatoms. The maximum Gasteiger partial charge on any atom is 0.240 e. The van der Waals surface area contributed by atoms with Crippen molar-refractivity contribution in [3.05, 3.63) is 5.01 Å². The largest absolute Gasteiger partial charge is 0.379 e. The molecule has 0 saturated carbocycles. The van der Waals surface area contributed by atoms with Crippen LogP contribution >= 0.6 is 11.3 Å². The van der Waals surface area contributed by atoms with Crippen molar-refractivity contribution in [3.63, 3.8) is 0 Å². The molecule has 0 atom stereocenters. The Balaban J connectivity index is 1.79. The number of morpholine rings is 1. The lowest BCUT2D eigenvalue weighted by Gasteiger charge is -2.25. The van der Waals surface area contributed by atoms with Crippen molar-refractivity contribution in [2.45, 2.75) is 6.92 Å². The minimum Gasteiger partial charge on any atom is -0.379 e. The van der Waals surface area contributed by atoms with Crippen molar-refractivity contribution in [2.75, 3.05) is 38.2 Å². The number of carbonyl (C=O) groups excluding carboxylic acids is 1. The molecule has 0 bridgehead atoms. The molecular weight excluding hydrogens is 228 g/mol. The Hall–Kier alpha value is -1.05. The van der Waals surface area contributed by atoms with Crippen molar-refractivity contribution in [3.8, 4) is 0 Å². The maximum atomic E-state index is 11.6. The van der Waals surface area contributed by atoms with E-state index >= 15 is 0 Å². The van der Waals surface area contributed by atoms with Crippen molar-refractivity contribution in [1.82, 2.24) is 15.1 Å². The molecule has 1 aliphatic rings. The molecule has 6 nitrogen and oxygen atoms in total. The van der Waals surface area contributed by atoms with Crippen LogP contribution in [0.4, 0.5) is 5.13 Å². The molecule has 0 aromatic carbocycles. The molecule has 1 amide bonds. The summed E-state index contributed by atoms with van der Waals surface area (Å²) in [5, 5.41) is 11.8. The van der Waals surface area contributed by atoms with Gasteiger partial charge in [-0.05, 0) is 6.92 Å². The highest BCUT2D eigenvalue weighted by molar-refractivity contribution is 7.15. The van der Waals surface area contributed by atoms with Crippen LogP contribution in [-0.2, 0) is 9.53 Å². The number of ether oxygens (including phenoxy) is 1. The van der Waals surface area contributed by atoms with E-state index in [-0.39, 0.29) is 5.91 Å². The van der Waals surface area contributed by atoms with Gasteiger partial charge in [-0.3, -0.25) is 15.0 Å². The molecule has 0 aliphatic carbocycles. The average molecular weight is 242 g/mol. The molecule has 0 unspecified atom stereocenters. The van der Waals surface area contributed by atoms with Crippen LogP contribution in [0.15, 0.2) is 0 Å². The van der Waals surface area contributed by atoms with Gasteiger partial charge < -0.3 is 4.74 Å². The lowest BCUT2D eigenvalue weighted by Crippen LogP contribution is -2.41. The first-order valence-electron chi connectivity index (χ1n) is 5.14. The first kappa shape index (κ1) is 11.4. The monoisotopic (exact) mass is 242 g/mol. The molecule has 1 N–H and O–H groups in total. The number of nitrogens with one attached hydrogen (secondary N) is 1. The summed E-state index contributed by atoms with van der Waals surface area (Å²) >= 11 is 1.38. The van der Waals surface area contributed by atoms with Crippen LogP contribution in [0.25, 0.3) is 0 Å². The third kappa shape index (κ3) is 3.22. The molecule has 2 rings (SSSR count).